The Morgan fingerprint density at radius 2 is 1.96 bits per heavy atom. The highest BCUT2D eigenvalue weighted by atomic mass is 32.1. The second kappa shape index (κ2) is 7.74. The molecular formula is C20H22N2O3S. The zero-order valence-corrected chi connectivity index (χ0v) is 16.2. The van der Waals surface area contributed by atoms with E-state index in [9.17, 15) is 4.79 Å². The first-order chi connectivity index (χ1) is 12.5. The lowest BCUT2D eigenvalue weighted by atomic mass is 10.2. The van der Waals surface area contributed by atoms with Gasteiger partial charge in [0.1, 0.15) is 28.0 Å². The van der Waals surface area contributed by atoms with Gasteiger partial charge in [-0.1, -0.05) is 0 Å². The van der Waals surface area contributed by atoms with Crippen molar-refractivity contribution in [1.29, 1.82) is 0 Å². The van der Waals surface area contributed by atoms with Gasteiger partial charge in [0.15, 0.2) is 0 Å². The molecule has 0 bridgehead atoms. The van der Waals surface area contributed by atoms with Gasteiger partial charge < -0.3 is 14.1 Å². The molecule has 26 heavy (non-hydrogen) atoms. The van der Waals surface area contributed by atoms with Crippen LogP contribution in [0.5, 0.6) is 5.75 Å². The van der Waals surface area contributed by atoms with Gasteiger partial charge >= 0.3 is 0 Å². The summed E-state index contributed by atoms with van der Waals surface area (Å²) in [4.78, 5) is 19.3. The minimum Gasteiger partial charge on any atom is -0.497 e. The Hall–Kier alpha value is -2.60. The SMILES string of the molecule is COc1ccc(-c2nc(C(=O)N(Cc3ccc(C)o3)C(C)C)cs2)cc1. The number of aryl methyl sites for hydroxylation is 1. The number of carbonyl (C=O) groups excluding carboxylic acids is 1. The van der Waals surface area contributed by atoms with Gasteiger partial charge in [0, 0.05) is 17.0 Å². The van der Waals surface area contributed by atoms with Gasteiger partial charge in [0.2, 0.25) is 0 Å². The molecule has 0 N–H and O–H groups in total. The van der Waals surface area contributed by atoms with E-state index in [2.05, 4.69) is 4.98 Å². The number of benzene rings is 1. The molecule has 1 aromatic carbocycles. The summed E-state index contributed by atoms with van der Waals surface area (Å²) in [6, 6.07) is 11.5. The number of ether oxygens (including phenoxy) is 1. The van der Waals surface area contributed by atoms with Crippen molar-refractivity contribution in [3.63, 3.8) is 0 Å². The topological polar surface area (TPSA) is 55.6 Å². The fourth-order valence-electron chi connectivity index (χ4n) is 2.61. The van der Waals surface area contributed by atoms with E-state index >= 15 is 0 Å². The van der Waals surface area contributed by atoms with Crippen LogP contribution in [0.4, 0.5) is 0 Å². The summed E-state index contributed by atoms with van der Waals surface area (Å²) in [7, 11) is 1.64. The van der Waals surface area contributed by atoms with Crippen LogP contribution in [-0.2, 0) is 6.54 Å². The maximum absolute atomic E-state index is 13.0. The van der Waals surface area contributed by atoms with Crippen molar-refractivity contribution < 1.29 is 13.9 Å². The molecule has 3 aromatic rings. The molecule has 0 atom stereocenters. The molecule has 3 rings (SSSR count). The monoisotopic (exact) mass is 370 g/mol. The number of methoxy groups -OCH3 is 1. The molecule has 2 heterocycles. The van der Waals surface area contributed by atoms with Gasteiger partial charge in [-0.2, -0.15) is 0 Å². The average Bonchev–Trinajstić information content (AvgIpc) is 3.28. The number of rotatable bonds is 6. The van der Waals surface area contributed by atoms with Gasteiger partial charge in [0.05, 0.1) is 13.7 Å². The van der Waals surface area contributed by atoms with E-state index in [1.54, 1.807) is 12.0 Å². The summed E-state index contributed by atoms with van der Waals surface area (Å²) in [6.45, 7) is 6.31. The molecule has 2 aromatic heterocycles. The summed E-state index contributed by atoms with van der Waals surface area (Å²) in [5.74, 6) is 2.31. The highest BCUT2D eigenvalue weighted by Gasteiger charge is 2.23. The fraction of sp³-hybridized carbons (Fsp3) is 0.300. The Bertz CT molecular complexity index is 881. The molecule has 0 unspecified atom stereocenters. The van der Waals surface area contributed by atoms with Crippen molar-refractivity contribution in [1.82, 2.24) is 9.88 Å². The van der Waals surface area contributed by atoms with Crippen molar-refractivity contribution >= 4 is 17.2 Å². The Morgan fingerprint density at radius 1 is 1.23 bits per heavy atom. The van der Waals surface area contributed by atoms with Crippen molar-refractivity contribution in [2.24, 2.45) is 0 Å². The molecule has 6 heteroatoms. The van der Waals surface area contributed by atoms with E-state index in [1.807, 2.05) is 62.5 Å². The predicted octanol–water partition coefficient (Wildman–Crippen LogP) is 4.77. The van der Waals surface area contributed by atoms with Crippen LogP contribution in [0.2, 0.25) is 0 Å². The number of aromatic nitrogens is 1. The van der Waals surface area contributed by atoms with Gasteiger partial charge in [-0.15, -0.1) is 11.3 Å². The molecule has 0 aliphatic carbocycles. The van der Waals surface area contributed by atoms with Crippen LogP contribution >= 0.6 is 11.3 Å². The number of hydrogen-bond acceptors (Lipinski definition) is 5. The number of furan rings is 1. The molecule has 0 spiro atoms. The highest BCUT2D eigenvalue weighted by Crippen LogP contribution is 2.26. The third kappa shape index (κ3) is 3.96. The second-order valence-electron chi connectivity index (χ2n) is 6.31. The normalized spacial score (nSPS) is 11.0. The lowest BCUT2D eigenvalue weighted by molar-refractivity contribution is 0.0670. The zero-order chi connectivity index (χ0) is 18.7. The first kappa shape index (κ1) is 18.2. The van der Waals surface area contributed by atoms with E-state index in [4.69, 9.17) is 9.15 Å². The van der Waals surface area contributed by atoms with Crippen LogP contribution in [0.15, 0.2) is 46.2 Å². The zero-order valence-electron chi connectivity index (χ0n) is 15.4. The number of hydrogen-bond donors (Lipinski definition) is 0. The molecule has 1 amide bonds. The summed E-state index contributed by atoms with van der Waals surface area (Å²) < 4.78 is 10.8. The Kier molecular flexibility index (Phi) is 5.42. The third-order valence-corrected chi connectivity index (χ3v) is 4.96. The molecule has 0 fully saturated rings. The van der Waals surface area contributed by atoms with Crippen LogP contribution in [0, 0.1) is 6.92 Å². The van der Waals surface area contributed by atoms with Gasteiger partial charge in [-0.3, -0.25) is 4.79 Å². The molecule has 5 nitrogen and oxygen atoms in total. The van der Waals surface area contributed by atoms with Crippen LogP contribution in [0.1, 0.15) is 35.9 Å². The van der Waals surface area contributed by atoms with Gasteiger partial charge in [-0.05, 0) is 57.2 Å². The first-order valence-electron chi connectivity index (χ1n) is 8.44. The molecular weight excluding hydrogens is 348 g/mol. The smallest absolute Gasteiger partial charge is 0.273 e. The third-order valence-electron chi connectivity index (χ3n) is 4.07. The maximum atomic E-state index is 13.0. The van der Waals surface area contributed by atoms with Crippen molar-refractivity contribution in [3.05, 3.63) is 59.0 Å². The minimum absolute atomic E-state index is 0.0408. The number of thiazole rings is 1. The van der Waals surface area contributed by atoms with E-state index in [1.165, 1.54) is 11.3 Å². The lowest BCUT2D eigenvalue weighted by Gasteiger charge is -2.25. The molecule has 0 saturated carbocycles. The molecule has 0 radical (unpaired) electrons. The summed E-state index contributed by atoms with van der Waals surface area (Å²) in [6.07, 6.45) is 0. The Morgan fingerprint density at radius 3 is 2.54 bits per heavy atom. The summed E-state index contributed by atoms with van der Waals surface area (Å²) in [5.41, 5.74) is 1.42. The quantitative estimate of drug-likeness (QED) is 0.627. The van der Waals surface area contributed by atoms with E-state index in [0.717, 1.165) is 27.8 Å². The van der Waals surface area contributed by atoms with Gasteiger partial charge in [0.25, 0.3) is 5.91 Å². The lowest BCUT2D eigenvalue weighted by Crippen LogP contribution is -2.36. The molecule has 0 aliphatic heterocycles. The van der Waals surface area contributed by atoms with Crippen LogP contribution in [0.3, 0.4) is 0 Å². The van der Waals surface area contributed by atoms with Crippen molar-refractivity contribution in [3.8, 4) is 16.3 Å². The fourth-order valence-corrected chi connectivity index (χ4v) is 3.41. The van der Waals surface area contributed by atoms with E-state index in [-0.39, 0.29) is 11.9 Å². The highest BCUT2D eigenvalue weighted by molar-refractivity contribution is 7.13. The standard InChI is InChI=1S/C20H22N2O3S/c1-13(2)22(11-17-8-5-14(3)25-17)20(23)18-12-26-19(21-18)15-6-9-16(24-4)10-7-15/h5-10,12-13H,11H2,1-4H3. The summed E-state index contributed by atoms with van der Waals surface area (Å²) >= 11 is 1.46. The predicted molar refractivity (Wildman–Crippen MR) is 103 cm³/mol. The average molecular weight is 370 g/mol. The van der Waals surface area contributed by atoms with Crippen LogP contribution in [-0.4, -0.2) is 28.9 Å². The number of carbonyl (C=O) groups is 1. The van der Waals surface area contributed by atoms with E-state index in [0.29, 0.717) is 12.2 Å². The second-order valence-corrected chi connectivity index (χ2v) is 7.16. The van der Waals surface area contributed by atoms with Crippen LogP contribution in [0.25, 0.3) is 10.6 Å². The van der Waals surface area contributed by atoms with E-state index < -0.39 is 0 Å². The first-order valence-corrected chi connectivity index (χ1v) is 9.32. The molecule has 0 saturated heterocycles. The summed E-state index contributed by atoms with van der Waals surface area (Å²) in [5, 5.41) is 2.62. The van der Waals surface area contributed by atoms with Crippen LogP contribution < -0.4 is 4.74 Å². The number of nitrogens with zero attached hydrogens (tertiary/aromatic N) is 2. The Labute approximate surface area is 157 Å². The largest absolute Gasteiger partial charge is 0.497 e. The van der Waals surface area contributed by atoms with Gasteiger partial charge in [-0.25, -0.2) is 4.98 Å². The molecule has 136 valence electrons. The van der Waals surface area contributed by atoms with Crippen molar-refractivity contribution in [2.75, 3.05) is 7.11 Å². The Balaban J connectivity index is 1.80. The minimum atomic E-state index is -0.0925. The number of amides is 1. The maximum Gasteiger partial charge on any atom is 0.273 e. The molecule has 0 aliphatic rings. The van der Waals surface area contributed by atoms with Crippen molar-refractivity contribution in [2.45, 2.75) is 33.4 Å².